The Balaban J connectivity index is 1.50. The maximum atomic E-state index is 13.1. The predicted octanol–water partition coefficient (Wildman–Crippen LogP) is 1.12. The highest BCUT2D eigenvalue weighted by molar-refractivity contribution is 7.80. The Labute approximate surface area is 158 Å². The van der Waals surface area contributed by atoms with Crippen LogP contribution in [0.4, 0.5) is 0 Å². The number of hydrogen-bond donors (Lipinski definition) is 1. The van der Waals surface area contributed by atoms with Crippen molar-refractivity contribution in [3.05, 3.63) is 35.4 Å². The lowest BCUT2D eigenvalue weighted by Crippen LogP contribution is -2.48. The largest absolute Gasteiger partial charge is 0.332 e. The molecule has 1 N–H and O–H groups in total. The Morgan fingerprint density at radius 1 is 1.19 bits per heavy atom. The van der Waals surface area contributed by atoms with E-state index >= 15 is 0 Å². The van der Waals surface area contributed by atoms with Crippen molar-refractivity contribution in [2.75, 3.05) is 13.1 Å². The number of thiocarbonyl (C=S) groups is 1. The number of fused-ring (bicyclic) bond motifs is 1. The topological polar surface area (TPSA) is 66.5 Å². The normalized spacial score (nSPS) is 28.4. The number of benzene rings is 1. The zero-order valence-corrected chi connectivity index (χ0v) is 15.3. The first-order valence-electron chi connectivity index (χ1n) is 9.22. The summed E-state index contributed by atoms with van der Waals surface area (Å²) in [7, 11) is 0. The van der Waals surface area contributed by atoms with Gasteiger partial charge in [0.2, 0.25) is 5.91 Å². The van der Waals surface area contributed by atoms with Crippen molar-refractivity contribution < 1.29 is 14.4 Å². The molecular weight excluding hydrogens is 348 g/mol. The van der Waals surface area contributed by atoms with Crippen LogP contribution < -0.4 is 5.32 Å². The zero-order chi connectivity index (χ0) is 18.3. The van der Waals surface area contributed by atoms with Gasteiger partial charge in [-0.1, -0.05) is 36.5 Å². The summed E-state index contributed by atoms with van der Waals surface area (Å²) in [5, 5.41) is 2.99. The van der Waals surface area contributed by atoms with E-state index in [1.54, 1.807) is 4.90 Å². The summed E-state index contributed by atoms with van der Waals surface area (Å²) in [6.07, 6.45) is 3.73. The van der Waals surface area contributed by atoms with E-state index in [2.05, 4.69) is 17.4 Å². The summed E-state index contributed by atoms with van der Waals surface area (Å²) in [5.74, 6) is -0.673. The lowest BCUT2D eigenvalue weighted by atomic mass is 9.90. The molecule has 0 aromatic heterocycles. The van der Waals surface area contributed by atoms with Gasteiger partial charge in [0, 0.05) is 23.9 Å². The fraction of sp³-hybridized carbons (Fsp3) is 0.500. The molecule has 0 saturated carbocycles. The van der Waals surface area contributed by atoms with Gasteiger partial charge in [0.1, 0.15) is 6.29 Å². The number of aldehydes is 1. The van der Waals surface area contributed by atoms with Gasteiger partial charge < -0.3 is 15.0 Å². The molecule has 6 heteroatoms. The van der Waals surface area contributed by atoms with Crippen molar-refractivity contribution in [3.8, 4) is 0 Å². The van der Waals surface area contributed by atoms with Gasteiger partial charge in [-0.2, -0.15) is 0 Å². The lowest BCUT2D eigenvalue weighted by molar-refractivity contribution is -0.141. The van der Waals surface area contributed by atoms with Gasteiger partial charge in [0.05, 0.1) is 18.0 Å². The monoisotopic (exact) mass is 370 g/mol. The summed E-state index contributed by atoms with van der Waals surface area (Å²) >= 11 is 5.31. The Kier molecular flexibility index (Phi) is 4.71. The molecule has 1 aromatic rings. The second-order valence-electron chi connectivity index (χ2n) is 7.45. The number of nitrogens with zero attached hydrogens (tertiary/aromatic N) is 1. The third-order valence-electron chi connectivity index (χ3n) is 5.94. The van der Waals surface area contributed by atoms with Crippen molar-refractivity contribution in [1.29, 1.82) is 0 Å². The fourth-order valence-corrected chi connectivity index (χ4v) is 4.96. The molecule has 136 valence electrons. The van der Waals surface area contributed by atoms with Crippen LogP contribution in [0.25, 0.3) is 0 Å². The summed E-state index contributed by atoms with van der Waals surface area (Å²) in [5.41, 5.74) is 2.46. The van der Waals surface area contributed by atoms with Crippen LogP contribution in [0, 0.1) is 11.8 Å². The quantitative estimate of drug-likeness (QED) is 0.636. The average Bonchev–Trinajstić information content (AvgIpc) is 3.37. The molecule has 1 unspecified atom stereocenters. The van der Waals surface area contributed by atoms with E-state index in [1.807, 2.05) is 12.1 Å². The summed E-state index contributed by atoms with van der Waals surface area (Å²) in [6, 6.07) is 7.15. The molecule has 0 radical (unpaired) electrons. The molecule has 0 spiro atoms. The van der Waals surface area contributed by atoms with Crippen LogP contribution in [-0.4, -0.2) is 52.9 Å². The first kappa shape index (κ1) is 17.5. The highest BCUT2D eigenvalue weighted by Crippen LogP contribution is 2.31. The number of likely N-dealkylation sites (tertiary alicyclic amines) is 1. The minimum Gasteiger partial charge on any atom is -0.332 e. The molecule has 2 heterocycles. The van der Waals surface area contributed by atoms with E-state index < -0.39 is 18.0 Å². The van der Waals surface area contributed by atoms with Crippen molar-refractivity contribution in [2.45, 2.75) is 37.8 Å². The Bertz CT molecular complexity index is 753. The highest BCUT2D eigenvalue weighted by atomic mass is 32.1. The molecule has 1 aromatic carbocycles. The fourth-order valence-electron chi connectivity index (χ4n) is 4.61. The van der Waals surface area contributed by atoms with Crippen molar-refractivity contribution in [1.82, 2.24) is 10.2 Å². The molecule has 5 nitrogen and oxygen atoms in total. The van der Waals surface area contributed by atoms with Gasteiger partial charge in [-0.3, -0.25) is 9.59 Å². The van der Waals surface area contributed by atoms with E-state index in [4.69, 9.17) is 12.2 Å². The van der Waals surface area contributed by atoms with Gasteiger partial charge in [-0.05, 0) is 36.8 Å². The second-order valence-corrected chi connectivity index (χ2v) is 7.98. The first-order valence-corrected chi connectivity index (χ1v) is 9.63. The van der Waals surface area contributed by atoms with Gasteiger partial charge in [-0.25, -0.2) is 0 Å². The average molecular weight is 370 g/mol. The van der Waals surface area contributed by atoms with Crippen LogP contribution in [0.5, 0.6) is 0 Å². The zero-order valence-electron chi connectivity index (χ0n) is 14.5. The van der Waals surface area contributed by atoms with Crippen LogP contribution in [0.15, 0.2) is 24.3 Å². The number of amides is 1. The molecule has 2 saturated heterocycles. The molecule has 2 aliphatic heterocycles. The molecule has 1 amide bonds. The number of hydrogen-bond acceptors (Lipinski definition) is 5. The van der Waals surface area contributed by atoms with Crippen LogP contribution in [0.3, 0.4) is 0 Å². The number of carbonyl (C=O) groups excluding carboxylic acids is 3. The van der Waals surface area contributed by atoms with E-state index in [1.165, 1.54) is 11.1 Å². The molecule has 2 fully saturated rings. The maximum Gasteiger partial charge on any atom is 0.226 e. The first-order chi connectivity index (χ1) is 12.6. The van der Waals surface area contributed by atoms with Crippen LogP contribution in [0.1, 0.15) is 24.0 Å². The standard InChI is InChI=1S/C20H22N2O3S/c23-11-15-18(17(26)10-21-15)19(24)16-6-3-7-22(16)20(25)14-8-12-4-1-2-5-13(12)9-14/h1-2,4-5,11,14-16,18,21H,3,6-10H2/t15-,16+,18?/m1/s1. The Hall–Kier alpha value is -1.92. The smallest absolute Gasteiger partial charge is 0.226 e. The van der Waals surface area contributed by atoms with Crippen molar-refractivity contribution in [3.63, 3.8) is 0 Å². The van der Waals surface area contributed by atoms with E-state index in [0.29, 0.717) is 24.4 Å². The summed E-state index contributed by atoms with van der Waals surface area (Å²) in [4.78, 5) is 39.8. The number of nitrogens with one attached hydrogen (secondary N) is 1. The van der Waals surface area contributed by atoms with Gasteiger partial charge >= 0.3 is 0 Å². The SMILES string of the molecule is O=C[C@H]1NCC(=S)C1C(=O)[C@@H]1CCCN1C(=O)C1Cc2ccccc2C1. The lowest BCUT2D eigenvalue weighted by Gasteiger charge is -2.29. The van der Waals surface area contributed by atoms with Gasteiger partial charge in [0.25, 0.3) is 0 Å². The number of Topliss-reactive ketones (excluding diaryl/α,β-unsaturated/α-hetero) is 1. The molecule has 26 heavy (non-hydrogen) atoms. The van der Waals surface area contributed by atoms with Gasteiger partial charge in [0.15, 0.2) is 5.78 Å². The maximum absolute atomic E-state index is 13.1. The molecule has 4 rings (SSSR count). The van der Waals surface area contributed by atoms with E-state index in [9.17, 15) is 14.4 Å². The Morgan fingerprint density at radius 3 is 2.54 bits per heavy atom. The van der Waals surface area contributed by atoms with E-state index in [-0.39, 0.29) is 17.6 Å². The predicted molar refractivity (Wildman–Crippen MR) is 101 cm³/mol. The van der Waals surface area contributed by atoms with Crippen LogP contribution in [-0.2, 0) is 27.2 Å². The minimum absolute atomic E-state index is 0.0663. The van der Waals surface area contributed by atoms with Gasteiger partial charge in [-0.15, -0.1) is 0 Å². The molecule has 3 atom stereocenters. The number of rotatable bonds is 4. The molecule has 3 aliphatic rings. The summed E-state index contributed by atoms with van der Waals surface area (Å²) in [6.45, 7) is 1.02. The van der Waals surface area contributed by atoms with Crippen molar-refractivity contribution in [2.24, 2.45) is 11.8 Å². The van der Waals surface area contributed by atoms with Crippen molar-refractivity contribution >= 4 is 35.1 Å². The third kappa shape index (κ3) is 2.91. The minimum atomic E-state index is -0.582. The molecule has 1 aliphatic carbocycles. The summed E-state index contributed by atoms with van der Waals surface area (Å²) < 4.78 is 0. The van der Waals surface area contributed by atoms with E-state index in [0.717, 1.165) is 25.5 Å². The number of ketones is 1. The highest BCUT2D eigenvalue weighted by Gasteiger charge is 2.45. The number of carbonyl (C=O) groups is 3. The van der Waals surface area contributed by atoms with Crippen LogP contribution >= 0.6 is 12.2 Å². The molecule has 0 bridgehead atoms. The second kappa shape index (κ2) is 7.00. The Morgan fingerprint density at radius 2 is 1.88 bits per heavy atom. The van der Waals surface area contributed by atoms with Crippen LogP contribution in [0.2, 0.25) is 0 Å². The molecular formula is C20H22N2O3S. The third-order valence-corrected chi connectivity index (χ3v) is 6.33.